The maximum absolute atomic E-state index is 13.4. The Hall–Kier alpha value is -4.05. The molecule has 0 aliphatic carbocycles. The number of amides is 1. The predicted molar refractivity (Wildman–Crippen MR) is 142 cm³/mol. The SMILES string of the molecule is CC(C)(C)c1nc(N(C(=O)O)S(=O)(=O)c2ccc(Oc3cnc(Cl)cc3-c3cccnc3)c(C#N)c2)cs1. The molecule has 0 bridgehead atoms. The Morgan fingerprint density at radius 1 is 1.18 bits per heavy atom. The highest BCUT2D eigenvalue weighted by molar-refractivity contribution is 7.93. The molecule has 0 saturated carbocycles. The van der Waals surface area contributed by atoms with Crippen molar-refractivity contribution in [3.63, 3.8) is 0 Å². The van der Waals surface area contributed by atoms with Gasteiger partial charge in [-0.05, 0) is 30.3 Å². The Bertz CT molecular complexity index is 1660. The highest BCUT2D eigenvalue weighted by atomic mass is 35.5. The molecule has 0 fully saturated rings. The lowest BCUT2D eigenvalue weighted by Gasteiger charge is -2.18. The van der Waals surface area contributed by atoms with Crippen molar-refractivity contribution >= 4 is 44.9 Å². The molecule has 0 radical (unpaired) electrons. The van der Waals surface area contributed by atoms with Crippen LogP contribution in [0.15, 0.2) is 65.3 Å². The van der Waals surface area contributed by atoms with Crippen LogP contribution in [0, 0.1) is 11.3 Å². The van der Waals surface area contributed by atoms with Gasteiger partial charge in [0.15, 0.2) is 11.6 Å². The molecule has 4 aromatic rings. The number of benzene rings is 1. The van der Waals surface area contributed by atoms with Gasteiger partial charge in [0.2, 0.25) is 0 Å². The fraction of sp³-hybridized carbons (Fsp3) is 0.160. The number of sulfonamides is 1. The van der Waals surface area contributed by atoms with Gasteiger partial charge in [0.25, 0.3) is 10.0 Å². The molecule has 194 valence electrons. The van der Waals surface area contributed by atoms with E-state index < -0.39 is 26.4 Å². The second kappa shape index (κ2) is 10.4. The maximum Gasteiger partial charge on any atom is 0.427 e. The second-order valence-corrected chi connectivity index (χ2v) is 12.0. The quantitative estimate of drug-likeness (QED) is 0.272. The molecule has 0 saturated heterocycles. The van der Waals surface area contributed by atoms with Gasteiger partial charge < -0.3 is 9.84 Å². The third-order valence-electron chi connectivity index (χ3n) is 5.15. The minimum absolute atomic E-state index is 0.0336. The number of pyridine rings is 2. The summed E-state index contributed by atoms with van der Waals surface area (Å²) in [7, 11) is -4.63. The Balaban J connectivity index is 1.73. The molecule has 0 unspecified atom stereocenters. The van der Waals surface area contributed by atoms with E-state index >= 15 is 0 Å². The molecule has 10 nitrogen and oxygen atoms in total. The van der Waals surface area contributed by atoms with Crippen molar-refractivity contribution in [1.29, 1.82) is 5.26 Å². The molecule has 3 aromatic heterocycles. The molecular formula is C25H20ClN5O5S2. The van der Waals surface area contributed by atoms with E-state index in [1.54, 1.807) is 30.6 Å². The standard InChI is InChI=1S/C25H20ClN5O5S2/c1-25(2,3)23-30-22(14-37-23)31(24(32)33)38(34,35)17-6-7-19(16(9-17)11-27)36-20-13-29-21(26)10-18(20)15-5-4-8-28-12-15/h4-10,12-14H,1-3H3,(H,32,33). The number of aromatic nitrogens is 3. The van der Waals surface area contributed by atoms with E-state index in [9.17, 15) is 23.6 Å². The average molecular weight is 570 g/mol. The summed E-state index contributed by atoms with van der Waals surface area (Å²) in [6.07, 6.45) is 2.85. The van der Waals surface area contributed by atoms with Gasteiger partial charge >= 0.3 is 6.09 Å². The lowest BCUT2D eigenvalue weighted by Crippen LogP contribution is -2.36. The highest BCUT2D eigenvalue weighted by Gasteiger charge is 2.34. The number of nitriles is 1. The first-order valence-corrected chi connectivity index (χ1v) is 13.6. The Labute approximate surface area is 227 Å². The first-order valence-electron chi connectivity index (χ1n) is 10.9. The van der Waals surface area contributed by atoms with E-state index in [0.29, 0.717) is 16.1 Å². The van der Waals surface area contributed by atoms with Crippen LogP contribution < -0.4 is 9.04 Å². The van der Waals surface area contributed by atoms with Crippen molar-refractivity contribution in [3.05, 3.63) is 76.1 Å². The largest absolute Gasteiger partial charge is 0.464 e. The Kier molecular flexibility index (Phi) is 7.37. The number of ether oxygens (including phenoxy) is 1. The molecule has 1 N–H and O–H groups in total. The molecule has 4 rings (SSSR count). The number of thiazole rings is 1. The van der Waals surface area contributed by atoms with Crippen LogP contribution in [0.5, 0.6) is 11.5 Å². The fourth-order valence-electron chi connectivity index (χ4n) is 3.34. The number of anilines is 1. The van der Waals surface area contributed by atoms with Gasteiger partial charge in [0.05, 0.1) is 16.7 Å². The van der Waals surface area contributed by atoms with Gasteiger partial charge in [-0.1, -0.05) is 38.4 Å². The highest BCUT2D eigenvalue weighted by Crippen LogP contribution is 2.37. The summed E-state index contributed by atoms with van der Waals surface area (Å²) in [6, 6.07) is 10.5. The van der Waals surface area contributed by atoms with Crippen LogP contribution in [0.2, 0.25) is 5.15 Å². The van der Waals surface area contributed by atoms with Crippen LogP contribution in [0.3, 0.4) is 0 Å². The summed E-state index contributed by atoms with van der Waals surface area (Å²) in [5.41, 5.74) is 0.681. The van der Waals surface area contributed by atoms with E-state index in [4.69, 9.17) is 16.3 Å². The predicted octanol–water partition coefficient (Wildman–Crippen LogP) is 6.09. The van der Waals surface area contributed by atoms with Gasteiger partial charge in [0.1, 0.15) is 22.0 Å². The van der Waals surface area contributed by atoms with E-state index in [1.807, 2.05) is 26.8 Å². The molecule has 0 aliphatic rings. The van der Waals surface area contributed by atoms with Crippen LogP contribution in [0.1, 0.15) is 31.3 Å². The zero-order chi connectivity index (χ0) is 27.7. The number of nitrogens with zero attached hydrogens (tertiary/aromatic N) is 5. The summed E-state index contributed by atoms with van der Waals surface area (Å²) < 4.78 is 32.9. The number of rotatable bonds is 6. The zero-order valence-corrected chi connectivity index (χ0v) is 22.7. The number of carboxylic acid groups (broad SMARTS) is 1. The smallest absolute Gasteiger partial charge is 0.427 e. The first kappa shape index (κ1) is 27.0. The van der Waals surface area contributed by atoms with Gasteiger partial charge in [-0.2, -0.15) is 5.26 Å². The first-order chi connectivity index (χ1) is 17.9. The van der Waals surface area contributed by atoms with Gasteiger partial charge in [0, 0.05) is 34.3 Å². The molecular weight excluding hydrogens is 550 g/mol. The van der Waals surface area contributed by atoms with Gasteiger partial charge in [-0.15, -0.1) is 15.6 Å². The maximum atomic E-state index is 13.4. The van der Waals surface area contributed by atoms with Crippen molar-refractivity contribution in [2.24, 2.45) is 0 Å². The molecule has 0 aliphatic heterocycles. The summed E-state index contributed by atoms with van der Waals surface area (Å²) in [4.78, 5) is 24.0. The topological polar surface area (TPSA) is 146 Å². The van der Waals surface area contributed by atoms with Crippen molar-refractivity contribution in [1.82, 2.24) is 15.0 Å². The zero-order valence-electron chi connectivity index (χ0n) is 20.3. The molecule has 0 spiro atoms. The monoisotopic (exact) mass is 569 g/mol. The molecule has 3 heterocycles. The normalized spacial score (nSPS) is 11.6. The lowest BCUT2D eigenvalue weighted by molar-refractivity contribution is 0.206. The van der Waals surface area contributed by atoms with E-state index in [-0.39, 0.29) is 32.3 Å². The van der Waals surface area contributed by atoms with Crippen LogP contribution in [0.25, 0.3) is 11.1 Å². The number of carbonyl (C=O) groups is 1. The molecule has 1 aromatic carbocycles. The Morgan fingerprint density at radius 3 is 2.55 bits per heavy atom. The minimum Gasteiger partial charge on any atom is -0.464 e. The van der Waals surface area contributed by atoms with Crippen molar-refractivity contribution < 1.29 is 23.1 Å². The third kappa shape index (κ3) is 5.45. The summed E-state index contributed by atoms with van der Waals surface area (Å²) in [5, 5.41) is 21.7. The van der Waals surface area contributed by atoms with Crippen LogP contribution >= 0.6 is 22.9 Å². The van der Waals surface area contributed by atoms with Crippen molar-refractivity contribution in [2.45, 2.75) is 31.1 Å². The lowest BCUT2D eigenvalue weighted by atomic mass is 9.98. The molecule has 38 heavy (non-hydrogen) atoms. The van der Waals surface area contributed by atoms with Crippen molar-refractivity contribution in [3.8, 4) is 28.7 Å². The van der Waals surface area contributed by atoms with Gasteiger partial charge in [-0.3, -0.25) is 4.98 Å². The van der Waals surface area contributed by atoms with E-state index in [1.165, 1.54) is 17.6 Å². The third-order valence-corrected chi connectivity index (χ3v) is 8.29. The molecule has 1 amide bonds. The van der Waals surface area contributed by atoms with E-state index in [0.717, 1.165) is 23.5 Å². The number of hydrogen-bond donors (Lipinski definition) is 1. The van der Waals surface area contributed by atoms with Crippen LogP contribution in [-0.4, -0.2) is 34.6 Å². The van der Waals surface area contributed by atoms with Crippen LogP contribution in [0.4, 0.5) is 10.6 Å². The van der Waals surface area contributed by atoms with E-state index in [2.05, 4.69) is 15.0 Å². The number of hydrogen-bond acceptors (Lipinski definition) is 9. The Morgan fingerprint density at radius 2 is 1.95 bits per heavy atom. The fourth-order valence-corrected chi connectivity index (χ4v) is 5.71. The average Bonchev–Trinajstić information content (AvgIpc) is 3.35. The van der Waals surface area contributed by atoms with Crippen LogP contribution in [-0.2, 0) is 15.4 Å². The van der Waals surface area contributed by atoms with Crippen molar-refractivity contribution in [2.75, 3.05) is 4.31 Å². The summed E-state index contributed by atoms with van der Waals surface area (Å²) in [5.74, 6) is 0.0322. The summed E-state index contributed by atoms with van der Waals surface area (Å²) >= 11 is 7.22. The number of halogens is 1. The second-order valence-electron chi connectivity index (χ2n) is 8.93. The molecule has 0 atom stereocenters. The summed E-state index contributed by atoms with van der Waals surface area (Å²) in [6.45, 7) is 5.63. The van der Waals surface area contributed by atoms with Gasteiger partial charge in [-0.25, -0.2) is 23.2 Å². The minimum atomic E-state index is -4.63. The molecule has 13 heteroatoms.